The van der Waals surface area contributed by atoms with Crippen LogP contribution in [0, 0.1) is 0 Å². The third-order valence-corrected chi connectivity index (χ3v) is 5.33. The zero-order valence-electron chi connectivity index (χ0n) is 16.6. The first-order valence-electron chi connectivity index (χ1n) is 9.40. The Morgan fingerprint density at radius 1 is 1.06 bits per heavy atom. The van der Waals surface area contributed by atoms with Gasteiger partial charge in [-0.25, -0.2) is 9.48 Å². The Kier molecular flexibility index (Phi) is 6.05. The monoisotopic (exact) mass is 430 g/mol. The van der Waals surface area contributed by atoms with Gasteiger partial charge in [-0.1, -0.05) is 24.3 Å². The fourth-order valence-corrected chi connectivity index (χ4v) is 3.70. The molecule has 2 heterocycles. The average Bonchev–Trinajstić information content (AvgIpc) is 3.48. The standard InChI is InChI=1S/C24H18N2O4S/c1-29-21-14-17(16-27)9-11-20(21)30-23(28)12-10-18-15-26(19-6-3-2-4-7-19)25-24(18)22-8-5-13-31-22/h2-16H,1H3. The maximum absolute atomic E-state index is 12.4. The number of hydrogen-bond acceptors (Lipinski definition) is 6. The van der Waals surface area contributed by atoms with Gasteiger partial charge in [0.25, 0.3) is 0 Å². The summed E-state index contributed by atoms with van der Waals surface area (Å²) in [5, 5.41) is 6.68. The Balaban J connectivity index is 1.60. The summed E-state index contributed by atoms with van der Waals surface area (Å²) in [6, 6.07) is 18.3. The summed E-state index contributed by atoms with van der Waals surface area (Å²) in [6.07, 6.45) is 5.59. The van der Waals surface area contributed by atoms with Crippen LogP contribution in [0.3, 0.4) is 0 Å². The van der Waals surface area contributed by atoms with Gasteiger partial charge in [0.1, 0.15) is 12.0 Å². The smallest absolute Gasteiger partial charge is 0.336 e. The van der Waals surface area contributed by atoms with E-state index >= 15 is 0 Å². The number of carbonyl (C=O) groups excluding carboxylic acids is 2. The van der Waals surface area contributed by atoms with Crippen molar-refractivity contribution in [1.82, 2.24) is 9.78 Å². The highest BCUT2D eigenvalue weighted by Gasteiger charge is 2.13. The third-order valence-electron chi connectivity index (χ3n) is 4.45. The summed E-state index contributed by atoms with van der Waals surface area (Å²) in [5.41, 5.74) is 2.91. The second-order valence-corrected chi connectivity index (χ2v) is 7.42. The van der Waals surface area contributed by atoms with Gasteiger partial charge in [-0.15, -0.1) is 11.3 Å². The fraction of sp³-hybridized carbons (Fsp3) is 0.0417. The lowest BCUT2D eigenvalue weighted by Crippen LogP contribution is -2.05. The maximum atomic E-state index is 12.4. The normalized spacial score (nSPS) is 10.9. The number of aldehydes is 1. The van der Waals surface area contributed by atoms with Crippen molar-refractivity contribution in [3.05, 3.63) is 89.4 Å². The van der Waals surface area contributed by atoms with E-state index < -0.39 is 5.97 Å². The van der Waals surface area contributed by atoms with Gasteiger partial charge in [0.2, 0.25) is 0 Å². The van der Waals surface area contributed by atoms with E-state index in [1.165, 1.54) is 25.3 Å². The lowest BCUT2D eigenvalue weighted by atomic mass is 10.2. The van der Waals surface area contributed by atoms with Gasteiger partial charge < -0.3 is 9.47 Å². The summed E-state index contributed by atoms with van der Waals surface area (Å²) in [5.74, 6) is -0.0227. The number of esters is 1. The Bertz CT molecular complexity index is 1230. The summed E-state index contributed by atoms with van der Waals surface area (Å²) in [6.45, 7) is 0. The van der Waals surface area contributed by atoms with Crippen molar-refractivity contribution in [2.75, 3.05) is 7.11 Å². The van der Waals surface area contributed by atoms with Crippen LogP contribution in [0.2, 0.25) is 0 Å². The molecule has 0 saturated heterocycles. The number of carbonyl (C=O) groups is 2. The summed E-state index contributed by atoms with van der Waals surface area (Å²) < 4.78 is 12.4. The Labute approximate surface area is 183 Å². The molecule has 0 fully saturated rings. The van der Waals surface area contributed by atoms with Crippen LogP contribution in [-0.4, -0.2) is 29.1 Å². The molecule has 0 aliphatic carbocycles. The number of thiophene rings is 1. The van der Waals surface area contributed by atoms with Crippen LogP contribution in [0.25, 0.3) is 22.3 Å². The molecule has 0 bridgehead atoms. The van der Waals surface area contributed by atoms with Crippen LogP contribution in [-0.2, 0) is 4.79 Å². The molecule has 0 amide bonds. The van der Waals surface area contributed by atoms with Crippen LogP contribution in [0.15, 0.2) is 78.3 Å². The van der Waals surface area contributed by atoms with E-state index in [2.05, 4.69) is 0 Å². The molecule has 0 radical (unpaired) electrons. The number of ether oxygens (including phenoxy) is 2. The molecule has 2 aromatic carbocycles. The quantitative estimate of drug-likeness (QED) is 0.178. The number of para-hydroxylation sites is 1. The van der Waals surface area contributed by atoms with Crippen LogP contribution in [0.4, 0.5) is 0 Å². The SMILES string of the molecule is COc1cc(C=O)ccc1OC(=O)C=Cc1cn(-c2ccccc2)nc1-c1cccs1. The molecule has 4 rings (SSSR count). The summed E-state index contributed by atoms with van der Waals surface area (Å²) in [7, 11) is 1.45. The second-order valence-electron chi connectivity index (χ2n) is 6.47. The van der Waals surface area contributed by atoms with Crippen molar-refractivity contribution in [1.29, 1.82) is 0 Å². The van der Waals surface area contributed by atoms with Gasteiger partial charge in [0.15, 0.2) is 11.5 Å². The van der Waals surface area contributed by atoms with Crippen molar-refractivity contribution in [3.63, 3.8) is 0 Å². The van der Waals surface area contributed by atoms with Gasteiger partial charge in [-0.05, 0) is 47.9 Å². The molecule has 31 heavy (non-hydrogen) atoms. The molecule has 154 valence electrons. The Hall–Kier alpha value is -3.97. The minimum absolute atomic E-state index is 0.237. The number of aromatic nitrogens is 2. The molecule has 7 heteroatoms. The number of methoxy groups -OCH3 is 1. The highest BCUT2D eigenvalue weighted by atomic mass is 32.1. The minimum Gasteiger partial charge on any atom is -0.493 e. The first kappa shape index (κ1) is 20.3. The van der Waals surface area contributed by atoms with Gasteiger partial charge >= 0.3 is 5.97 Å². The number of benzene rings is 2. The van der Waals surface area contributed by atoms with E-state index in [4.69, 9.17) is 14.6 Å². The largest absolute Gasteiger partial charge is 0.493 e. The fourth-order valence-electron chi connectivity index (χ4n) is 2.97. The van der Waals surface area contributed by atoms with Crippen molar-refractivity contribution in [2.45, 2.75) is 0 Å². The molecule has 0 N–H and O–H groups in total. The van der Waals surface area contributed by atoms with E-state index in [1.807, 2.05) is 54.0 Å². The summed E-state index contributed by atoms with van der Waals surface area (Å²) in [4.78, 5) is 24.3. The molecule has 4 aromatic rings. The summed E-state index contributed by atoms with van der Waals surface area (Å²) >= 11 is 1.57. The van der Waals surface area contributed by atoms with E-state index in [-0.39, 0.29) is 5.75 Å². The molecule has 0 aliphatic rings. The first-order chi connectivity index (χ1) is 15.2. The second kappa shape index (κ2) is 9.23. The molecule has 0 saturated carbocycles. The van der Waals surface area contributed by atoms with Gasteiger partial charge in [0, 0.05) is 23.4 Å². The van der Waals surface area contributed by atoms with Crippen LogP contribution in [0.5, 0.6) is 11.5 Å². The van der Waals surface area contributed by atoms with Crippen molar-refractivity contribution >= 4 is 29.7 Å². The van der Waals surface area contributed by atoms with E-state index in [1.54, 1.807) is 28.2 Å². The molecule has 0 unspecified atom stereocenters. The molecule has 2 aromatic heterocycles. The molecule has 0 aliphatic heterocycles. The Morgan fingerprint density at radius 2 is 1.90 bits per heavy atom. The predicted octanol–water partition coefficient (Wildman–Crippen LogP) is 5.04. The first-order valence-corrected chi connectivity index (χ1v) is 10.3. The number of hydrogen-bond donors (Lipinski definition) is 0. The van der Waals surface area contributed by atoms with Crippen molar-refractivity contribution in [3.8, 4) is 27.8 Å². The van der Waals surface area contributed by atoms with Gasteiger partial charge in [-0.2, -0.15) is 5.10 Å². The van der Waals surface area contributed by atoms with Gasteiger partial charge in [-0.3, -0.25) is 4.79 Å². The van der Waals surface area contributed by atoms with E-state index in [0.717, 1.165) is 21.8 Å². The van der Waals surface area contributed by atoms with Crippen molar-refractivity contribution in [2.24, 2.45) is 0 Å². The molecule has 6 nitrogen and oxygen atoms in total. The number of nitrogens with zero attached hydrogens (tertiary/aromatic N) is 2. The van der Waals surface area contributed by atoms with Crippen LogP contribution in [0.1, 0.15) is 15.9 Å². The highest BCUT2D eigenvalue weighted by Crippen LogP contribution is 2.30. The van der Waals surface area contributed by atoms with E-state index in [0.29, 0.717) is 17.6 Å². The van der Waals surface area contributed by atoms with E-state index in [9.17, 15) is 9.59 Å². The molecular formula is C24H18N2O4S. The minimum atomic E-state index is -0.568. The van der Waals surface area contributed by atoms with Crippen molar-refractivity contribution < 1.29 is 19.1 Å². The topological polar surface area (TPSA) is 70.4 Å². The Morgan fingerprint density at radius 3 is 2.61 bits per heavy atom. The maximum Gasteiger partial charge on any atom is 0.336 e. The van der Waals surface area contributed by atoms with Crippen LogP contribution >= 0.6 is 11.3 Å². The molecule has 0 atom stereocenters. The predicted molar refractivity (Wildman–Crippen MR) is 120 cm³/mol. The lowest BCUT2D eigenvalue weighted by molar-refractivity contribution is -0.129. The third kappa shape index (κ3) is 4.62. The molecule has 0 spiro atoms. The zero-order chi connectivity index (χ0) is 21.6. The van der Waals surface area contributed by atoms with Crippen LogP contribution < -0.4 is 9.47 Å². The molecular weight excluding hydrogens is 412 g/mol. The number of rotatable bonds is 7. The zero-order valence-corrected chi connectivity index (χ0v) is 17.4. The average molecular weight is 430 g/mol. The van der Waals surface area contributed by atoms with Gasteiger partial charge in [0.05, 0.1) is 17.7 Å². The lowest BCUT2D eigenvalue weighted by Gasteiger charge is -2.08. The highest BCUT2D eigenvalue weighted by molar-refractivity contribution is 7.13.